The molecule has 1 aliphatic rings. The van der Waals surface area contributed by atoms with Crippen molar-refractivity contribution in [1.29, 1.82) is 0 Å². The number of benzene rings is 2. The zero-order chi connectivity index (χ0) is 56.0. The average molecular weight is 1050 g/mol. The molecule has 0 bridgehead atoms. The lowest BCUT2D eigenvalue weighted by Gasteiger charge is -2.35. The molecule has 8 atom stereocenters. The number of ether oxygens (including phenoxy) is 4. The van der Waals surface area contributed by atoms with E-state index in [9.17, 15) is 28.8 Å². The maximum atomic E-state index is 14.9. The Morgan fingerprint density at radius 3 is 0.987 bits per heavy atom. The summed E-state index contributed by atoms with van der Waals surface area (Å²) in [5, 5.41) is 0. The second-order valence-corrected chi connectivity index (χ2v) is 22.6. The Kier molecular flexibility index (Phi) is 22.5. The number of hydrogen-bond acceptors (Lipinski definition) is 12. The first-order valence-corrected chi connectivity index (χ1v) is 27.1. The van der Waals surface area contributed by atoms with E-state index in [0.29, 0.717) is 12.8 Å². The fourth-order valence-corrected chi connectivity index (χ4v) is 9.82. The van der Waals surface area contributed by atoms with E-state index in [2.05, 4.69) is 0 Å². The summed E-state index contributed by atoms with van der Waals surface area (Å²) in [5.74, 6) is -3.76. The third-order valence-corrected chi connectivity index (χ3v) is 13.9. The number of rotatable bonds is 14. The fraction of sp³-hybridized carbons (Fsp3) is 0.567. The SMILES string of the molecule is CC(C)CC1C(=O)OC(Cc2ccc(-n3cccc3)cc2)C(=O)N(C)C(CC(C)C)C(=O)OC(C)CN(C)C(CC(C)C)C(=O)OC(Cc2ccc(-n3cccc3)cc2)C(=O)N(C)C(CC(C)C)C(=O)OC(C)CN1C. The predicted octanol–water partition coefficient (Wildman–Crippen LogP) is 8.19. The van der Waals surface area contributed by atoms with E-state index in [-0.39, 0.29) is 62.4 Å². The number of esters is 4. The molecule has 0 spiro atoms. The number of hydrogen-bond donors (Lipinski definition) is 0. The largest absolute Gasteiger partial charge is 0.460 e. The molecule has 2 amide bonds. The lowest BCUT2D eigenvalue weighted by atomic mass is 10.00. The minimum absolute atomic E-state index is 0.0177. The maximum Gasteiger partial charge on any atom is 0.329 e. The van der Waals surface area contributed by atoms with Crippen LogP contribution in [0.4, 0.5) is 0 Å². The van der Waals surface area contributed by atoms with Gasteiger partial charge in [0.1, 0.15) is 36.4 Å². The topological polar surface area (TPSA) is 162 Å². The van der Waals surface area contributed by atoms with E-state index < -0.39 is 84.3 Å². The summed E-state index contributed by atoms with van der Waals surface area (Å²) < 4.78 is 28.9. The molecule has 16 heteroatoms. The minimum atomic E-state index is -1.33. The number of nitrogens with zero attached hydrogens (tertiary/aromatic N) is 6. The number of likely N-dealkylation sites (N-methyl/N-ethyl adjacent to an activating group) is 4. The summed E-state index contributed by atoms with van der Waals surface area (Å²) in [5.41, 5.74) is 3.29. The van der Waals surface area contributed by atoms with Crippen LogP contribution in [0.5, 0.6) is 0 Å². The summed E-state index contributed by atoms with van der Waals surface area (Å²) in [6, 6.07) is 19.1. The van der Waals surface area contributed by atoms with Crippen LogP contribution in [0.25, 0.3) is 11.4 Å². The molecule has 3 heterocycles. The van der Waals surface area contributed by atoms with Gasteiger partial charge in [-0.15, -0.1) is 0 Å². The summed E-state index contributed by atoms with van der Waals surface area (Å²) >= 11 is 0. The number of carbonyl (C=O) groups is 6. The predicted molar refractivity (Wildman–Crippen MR) is 294 cm³/mol. The second kappa shape index (κ2) is 28.2. The first kappa shape index (κ1) is 60.6. The van der Waals surface area contributed by atoms with E-state index in [1.165, 1.54) is 23.9 Å². The quantitative estimate of drug-likeness (QED) is 0.0881. The first-order valence-electron chi connectivity index (χ1n) is 27.1. The molecule has 0 saturated carbocycles. The lowest BCUT2D eigenvalue weighted by Crippen LogP contribution is -2.53. The molecule has 416 valence electrons. The molecule has 0 radical (unpaired) electrons. The smallest absolute Gasteiger partial charge is 0.329 e. The normalized spacial score (nSPS) is 24.2. The van der Waals surface area contributed by atoms with Crippen LogP contribution in [0, 0.1) is 23.7 Å². The van der Waals surface area contributed by atoms with Gasteiger partial charge >= 0.3 is 23.9 Å². The molecule has 8 unspecified atom stereocenters. The minimum Gasteiger partial charge on any atom is -0.460 e. The van der Waals surface area contributed by atoms with Gasteiger partial charge in [-0.25, -0.2) is 9.59 Å². The van der Waals surface area contributed by atoms with Crippen molar-refractivity contribution in [2.45, 2.75) is 156 Å². The van der Waals surface area contributed by atoms with Crippen LogP contribution < -0.4 is 0 Å². The van der Waals surface area contributed by atoms with Crippen molar-refractivity contribution < 1.29 is 47.7 Å². The highest BCUT2D eigenvalue weighted by atomic mass is 16.6. The highest BCUT2D eigenvalue weighted by Gasteiger charge is 2.41. The Bertz CT molecular complexity index is 2300. The van der Waals surface area contributed by atoms with Crippen LogP contribution in [0.1, 0.15) is 106 Å². The molecule has 76 heavy (non-hydrogen) atoms. The van der Waals surface area contributed by atoms with Gasteiger partial charge in [0, 0.05) is 76.2 Å². The van der Waals surface area contributed by atoms with Crippen molar-refractivity contribution >= 4 is 35.7 Å². The van der Waals surface area contributed by atoms with Crippen molar-refractivity contribution in [1.82, 2.24) is 28.7 Å². The Balaban J connectivity index is 1.56. The van der Waals surface area contributed by atoms with E-state index in [0.717, 1.165) is 22.5 Å². The lowest BCUT2D eigenvalue weighted by molar-refractivity contribution is -0.171. The standard InChI is InChI=1S/C60H86N6O10/c1-39(2)31-49-57(69)75-53(35-45-19-23-47(24-20-45)65-27-15-16-28-65)55(67)63(13)52(34-42(7)8)60(72)74-44(10)38-62(12)50(32-40(3)4)58(70)76-54(36-46-21-25-48(26-22-46)66-29-17-18-30-66)56(68)64(14)51(33-41(5)6)59(71)73-43(9)37-61(49)11/h15-30,39-44,49-54H,31-38H2,1-14H3. The Morgan fingerprint density at radius 1 is 0.421 bits per heavy atom. The third kappa shape index (κ3) is 17.4. The van der Waals surface area contributed by atoms with Gasteiger partial charge in [-0.2, -0.15) is 0 Å². The van der Waals surface area contributed by atoms with E-state index in [4.69, 9.17) is 18.9 Å². The van der Waals surface area contributed by atoms with Gasteiger partial charge in [0.2, 0.25) is 0 Å². The molecule has 4 aromatic rings. The van der Waals surface area contributed by atoms with Gasteiger partial charge in [0.25, 0.3) is 11.8 Å². The van der Waals surface area contributed by atoms with Crippen LogP contribution in [-0.4, -0.2) is 154 Å². The molecule has 2 aromatic carbocycles. The number of carbonyl (C=O) groups excluding carboxylic acids is 6. The average Bonchev–Trinajstić information content (AvgIpc) is 4.11. The maximum absolute atomic E-state index is 14.9. The van der Waals surface area contributed by atoms with Crippen molar-refractivity contribution in [3.63, 3.8) is 0 Å². The van der Waals surface area contributed by atoms with E-state index in [1.54, 1.807) is 37.7 Å². The highest BCUT2D eigenvalue weighted by molar-refractivity contribution is 5.90. The van der Waals surface area contributed by atoms with Gasteiger partial charge in [-0.3, -0.25) is 29.0 Å². The van der Waals surface area contributed by atoms with Crippen LogP contribution in [0.15, 0.2) is 97.6 Å². The molecule has 2 aromatic heterocycles. The molecular weight excluding hydrogens is 965 g/mol. The van der Waals surface area contributed by atoms with Gasteiger partial charge in [-0.1, -0.05) is 79.7 Å². The summed E-state index contributed by atoms with van der Waals surface area (Å²) in [4.78, 5) is 94.3. The Morgan fingerprint density at radius 2 is 0.697 bits per heavy atom. The number of cyclic esters (lactones) is 4. The monoisotopic (exact) mass is 1050 g/mol. The van der Waals surface area contributed by atoms with Gasteiger partial charge < -0.3 is 37.9 Å². The molecule has 1 aliphatic heterocycles. The van der Waals surface area contributed by atoms with Gasteiger partial charge in [0.05, 0.1) is 0 Å². The third-order valence-electron chi connectivity index (χ3n) is 13.9. The molecule has 0 N–H and O–H groups in total. The van der Waals surface area contributed by atoms with Crippen LogP contribution in [-0.2, 0) is 60.6 Å². The Hall–Kier alpha value is -6.26. The molecular formula is C60H86N6O10. The number of amides is 2. The van der Waals surface area contributed by atoms with Gasteiger partial charge in [-0.05, 0) is 137 Å². The van der Waals surface area contributed by atoms with Crippen molar-refractivity contribution in [3.05, 3.63) is 109 Å². The zero-order valence-electron chi connectivity index (χ0n) is 47.6. The summed E-state index contributed by atoms with van der Waals surface area (Å²) in [7, 11) is 6.57. The highest BCUT2D eigenvalue weighted by Crippen LogP contribution is 2.25. The summed E-state index contributed by atoms with van der Waals surface area (Å²) in [6.07, 6.45) is 4.80. The van der Waals surface area contributed by atoms with E-state index >= 15 is 0 Å². The van der Waals surface area contributed by atoms with Gasteiger partial charge in [0.15, 0.2) is 12.2 Å². The number of aromatic nitrogens is 2. The van der Waals surface area contributed by atoms with Crippen molar-refractivity contribution in [3.8, 4) is 11.4 Å². The first-order chi connectivity index (χ1) is 35.9. The van der Waals surface area contributed by atoms with Crippen molar-refractivity contribution in [2.75, 3.05) is 41.3 Å². The molecule has 1 saturated heterocycles. The van der Waals surface area contributed by atoms with Crippen LogP contribution >= 0.6 is 0 Å². The van der Waals surface area contributed by atoms with E-state index in [1.807, 2.05) is 162 Å². The summed E-state index contributed by atoms with van der Waals surface area (Å²) in [6.45, 7) is 19.4. The second-order valence-electron chi connectivity index (χ2n) is 22.6. The molecule has 1 fully saturated rings. The molecule has 16 nitrogen and oxygen atoms in total. The fourth-order valence-electron chi connectivity index (χ4n) is 9.82. The molecule has 0 aliphatic carbocycles. The van der Waals surface area contributed by atoms with Crippen molar-refractivity contribution in [2.24, 2.45) is 23.7 Å². The van der Waals surface area contributed by atoms with Crippen LogP contribution in [0.3, 0.4) is 0 Å². The Labute approximate surface area is 451 Å². The molecule has 5 rings (SSSR count). The zero-order valence-corrected chi connectivity index (χ0v) is 47.6. The van der Waals surface area contributed by atoms with Crippen LogP contribution in [0.2, 0.25) is 0 Å².